The Morgan fingerprint density at radius 2 is 1.79 bits per heavy atom. The summed E-state index contributed by atoms with van der Waals surface area (Å²) in [5.74, 6) is -0.0536. The van der Waals surface area contributed by atoms with Crippen LogP contribution < -0.4 is 5.32 Å². The van der Waals surface area contributed by atoms with Gasteiger partial charge in [-0.25, -0.2) is 0 Å². The van der Waals surface area contributed by atoms with Gasteiger partial charge in [0.1, 0.15) is 6.04 Å². The molecule has 0 radical (unpaired) electrons. The first-order chi connectivity index (χ1) is 11.6. The number of rotatable bonds is 2. The molecule has 2 fully saturated rings. The topological polar surface area (TPSA) is 69.7 Å². The maximum atomic E-state index is 12.7. The Morgan fingerprint density at radius 3 is 2.50 bits per heavy atom. The SMILES string of the molecule is Cc1ccccc1C(=O)N1CCCN(C(=O)C2CCC(=O)N2)CC1. The van der Waals surface area contributed by atoms with Crippen molar-refractivity contribution >= 4 is 17.7 Å². The average Bonchev–Trinajstić information content (AvgIpc) is 2.87. The van der Waals surface area contributed by atoms with E-state index in [2.05, 4.69) is 5.32 Å². The number of hydrogen-bond acceptors (Lipinski definition) is 3. The molecule has 2 heterocycles. The van der Waals surface area contributed by atoms with Crippen LogP contribution in [0.3, 0.4) is 0 Å². The van der Waals surface area contributed by atoms with Crippen LogP contribution >= 0.6 is 0 Å². The van der Waals surface area contributed by atoms with Crippen molar-refractivity contribution in [2.75, 3.05) is 26.2 Å². The molecule has 1 atom stereocenters. The van der Waals surface area contributed by atoms with Crippen LogP contribution in [0.25, 0.3) is 0 Å². The Kier molecular flexibility index (Phi) is 4.83. The largest absolute Gasteiger partial charge is 0.344 e. The van der Waals surface area contributed by atoms with Crippen LogP contribution in [0.2, 0.25) is 0 Å². The van der Waals surface area contributed by atoms with Crippen molar-refractivity contribution in [1.82, 2.24) is 15.1 Å². The van der Waals surface area contributed by atoms with Crippen LogP contribution in [0.15, 0.2) is 24.3 Å². The van der Waals surface area contributed by atoms with Gasteiger partial charge in [-0.15, -0.1) is 0 Å². The van der Waals surface area contributed by atoms with Gasteiger partial charge < -0.3 is 15.1 Å². The Hall–Kier alpha value is -2.37. The van der Waals surface area contributed by atoms with E-state index >= 15 is 0 Å². The highest BCUT2D eigenvalue weighted by Crippen LogP contribution is 2.15. The van der Waals surface area contributed by atoms with Crippen LogP contribution in [0.4, 0.5) is 0 Å². The summed E-state index contributed by atoms with van der Waals surface area (Å²) in [7, 11) is 0. The first-order valence-corrected chi connectivity index (χ1v) is 8.49. The van der Waals surface area contributed by atoms with Crippen molar-refractivity contribution in [3.05, 3.63) is 35.4 Å². The van der Waals surface area contributed by atoms with Gasteiger partial charge in [-0.1, -0.05) is 18.2 Å². The van der Waals surface area contributed by atoms with Crippen molar-refractivity contribution in [2.24, 2.45) is 0 Å². The number of carbonyl (C=O) groups is 3. The predicted molar refractivity (Wildman–Crippen MR) is 89.4 cm³/mol. The summed E-state index contributed by atoms with van der Waals surface area (Å²) < 4.78 is 0. The van der Waals surface area contributed by atoms with E-state index in [1.165, 1.54) is 0 Å². The molecule has 2 aliphatic rings. The zero-order valence-electron chi connectivity index (χ0n) is 14.0. The van der Waals surface area contributed by atoms with Crippen LogP contribution in [0.1, 0.15) is 35.2 Å². The fourth-order valence-corrected chi connectivity index (χ4v) is 3.34. The third-order valence-corrected chi connectivity index (χ3v) is 4.76. The summed E-state index contributed by atoms with van der Waals surface area (Å²) >= 11 is 0. The van der Waals surface area contributed by atoms with E-state index in [-0.39, 0.29) is 17.7 Å². The number of benzene rings is 1. The minimum Gasteiger partial charge on any atom is -0.344 e. The fourth-order valence-electron chi connectivity index (χ4n) is 3.34. The molecular formula is C18H23N3O3. The first-order valence-electron chi connectivity index (χ1n) is 8.49. The van der Waals surface area contributed by atoms with E-state index in [1.54, 1.807) is 4.90 Å². The molecule has 3 rings (SSSR count). The molecule has 1 N–H and O–H groups in total. The smallest absolute Gasteiger partial charge is 0.254 e. The lowest BCUT2D eigenvalue weighted by Crippen LogP contribution is -2.46. The molecule has 0 aromatic heterocycles. The fraction of sp³-hybridized carbons (Fsp3) is 0.500. The van der Waals surface area contributed by atoms with E-state index in [0.717, 1.165) is 17.5 Å². The highest BCUT2D eigenvalue weighted by Gasteiger charge is 2.32. The third-order valence-electron chi connectivity index (χ3n) is 4.76. The Bertz CT molecular complexity index is 659. The van der Waals surface area contributed by atoms with Gasteiger partial charge >= 0.3 is 0 Å². The molecular weight excluding hydrogens is 306 g/mol. The second-order valence-corrected chi connectivity index (χ2v) is 6.44. The molecule has 1 aromatic carbocycles. The molecule has 0 bridgehead atoms. The highest BCUT2D eigenvalue weighted by atomic mass is 16.2. The Morgan fingerprint density at radius 1 is 1.08 bits per heavy atom. The minimum atomic E-state index is -0.392. The summed E-state index contributed by atoms with van der Waals surface area (Å²) in [4.78, 5) is 40.1. The van der Waals surface area contributed by atoms with Crippen LogP contribution in [0.5, 0.6) is 0 Å². The van der Waals surface area contributed by atoms with Gasteiger partial charge in [0.15, 0.2) is 0 Å². The van der Waals surface area contributed by atoms with Gasteiger partial charge in [0.2, 0.25) is 11.8 Å². The lowest BCUT2D eigenvalue weighted by molar-refractivity contribution is -0.134. The van der Waals surface area contributed by atoms with Gasteiger partial charge in [-0.3, -0.25) is 14.4 Å². The van der Waals surface area contributed by atoms with Crippen molar-refractivity contribution in [1.29, 1.82) is 0 Å². The van der Waals surface area contributed by atoms with Gasteiger partial charge in [0.25, 0.3) is 5.91 Å². The molecule has 6 nitrogen and oxygen atoms in total. The molecule has 128 valence electrons. The molecule has 2 aliphatic heterocycles. The lowest BCUT2D eigenvalue weighted by atomic mass is 10.1. The molecule has 24 heavy (non-hydrogen) atoms. The van der Waals surface area contributed by atoms with E-state index in [1.807, 2.05) is 36.1 Å². The summed E-state index contributed by atoms with van der Waals surface area (Å²) in [5.41, 5.74) is 1.69. The number of aryl methyl sites for hydroxylation is 1. The van der Waals surface area contributed by atoms with Crippen LogP contribution in [0, 0.1) is 6.92 Å². The number of amides is 3. The summed E-state index contributed by atoms with van der Waals surface area (Å²) in [6.07, 6.45) is 1.74. The van der Waals surface area contributed by atoms with E-state index < -0.39 is 6.04 Å². The standard InChI is InChI=1S/C18H23N3O3/c1-13-5-2-3-6-14(13)17(23)20-9-4-10-21(12-11-20)18(24)15-7-8-16(22)19-15/h2-3,5-6,15H,4,7-12H2,1H3,(H,19,22). The van der Waals surface area contributed by atoms with Crippen molar-refractivity contribution < 1.29 is 14.4 Å². The molecule has 6 heteroatoms. The van der Waals surface area contributed by atoms with Gasteiger partial charge in [-0.05, 0) is 31.4 Å². The normalized spacial score (nSPS) is 21.4. The molecule has 3 amide bonds. The Balaban J connectivity index is 1.63. The Labute approximate surface area is 141 Å². The monoisotopic (exact) mass is 329 g/mol. The van der Waals surface area contributed by atoms with Gasteiger partial charge in [0, 0.05) is 38.2 Å². The van der Waals surface area contributed by atoms with Crippen molar-refractivity contribution in [3.63, 3.8) is 0 Å². The second kappa shape index (κ2) is 7.03. The maximum absolute atomic E-state index is 12.7. The second-order valence-electron chi connectivity index (χ2n) is 6.44. The number of hydrogen-bond donors (Lipinski definition) is 1. The molecule has 1 aromatic rings. The van der Waals surface area contributed by atoms with E-state index in [0.29, 0.717) is 39.0 Å². The molecule has 0 spiro atoms. The molecule has 0 saturated carbocycles. The maximum Gasteiger partial charge on any atom is 0.254 e. The third kappa shape index (κ3) is 3.42. The quantitative estimate of drug-likeness (QED) is 0.878. The van der Waals surface area contributed by atoms with E-state index in [9.17, 15) is 14.4 Å². The number of carbonyl (C=O) groups excluding carboxylic acids is 3. The minimum absolute atomic E-state index is 0.0222. The lowest BCUT2D eigenvalue weighted by Gasteiger charge is -2.24. The van der Waals surface area contributed by atoms with Crippen molar-refractivity contribution in [2.45, 2.75) is 32.2 Å². The number of nitrogens with zero attached hydrogens (tertiary/aromatic N) is 2. The van der Waals surface area contributed by atoms with E-state index in [4.69, 9.17) is 0 Å². The van der Waals surface area contributed by atoms with Crippen LogP contribution in [-0.4, -0.2) is 59.7 Å². The summed E-state index contributed by atoms with van der Waals surface area (Å²) in [6, 6.07) is 7.18. The van der Waals surface area contributed by atoms with Crippen molar-refractivity contribution in [3.8, 4) is 0 Å². The molecule has 1 unspecified atom stereocenters. The van der Waals surface area contributed by atoms with Gasteiger partial charge in [0.05, 0.1) is 0 Å². The first kappa shape index (κ1) is 16.5. The summed E-state index contributed by atoms with van der Waals surface area (Å²) in [6.45, 7) is 4.25. The zero-order chi connectivity index (χ0) is 17.1. The zero-order valence-corrected chi connectivity index (χ0v) is 14.0. The highest BCUT2D eigenvalue weighted by molar-refractivity contribution is 5.95. The summed E-state index contributed by atoms with van der Waals surface area (Å²) in [5, 5.41) is 2.73. The average molecular weight is 329 g/mol. The number of nitrogens with one attached hydrogen (secondary N) is 1. The predicted octanol–water partition coefficient (Wildman–Crippen LogP) is 0.948. The van der Waals surface area contributed by atoms with Crippen LogP contribution in [-0.2, 0) is 9.59 Å². The van der Waals surface area contributed by atoms with Gasteiger partial charge in [-0.2, -0.15) is 0 Å². The molecule has 0 aliphatic carbocycles. The molecule has 2 saturated heterocycles.